The number of nitrogens with zero attached hydrogens (tertiary/aromatic N) is 2. The van der Waals surface area contributed by atoms with Crippen LogP contribution in [0.3, 0.4) is 0 Å². The second kappa shape index (κ2) is 6.96. The maximum absolute atomic E-state index is 8.33. The summed E-state index contributed by atoms with van der Waals surface area (Å²) in [5.74, 6) is -1.28. The Hall–Kier alpha value is -2.48. The molecule has 0 aliphatic rings. The van der Waals surface area contributed by atoms with E-state index in [1.54, 1.807) is 19.9 Å². The smallest absolute Gasteiger partial charge is 0.213 e. The van der Waals surface area contributed by atoms with Crippen molar-refractivity contribution in [3.63, 3.8) is 0 Å². The van der Waals surface area contributed by atoms with Crippen LogP contribution in [-0.4, -0.2) is 4.98 Å². The number of hydrogen-bond acceptors (Lipinski definition) is 1. The van der Waals surface area contributed by atoms with Crippen LogP contribution in [-0.2, 0) is 13.4 Å². The van der Waals surface area contributed by atoms with Gasteiger partial charge in [-0.15, -0.1) is 0 Å². The van der Waals surface area contributed by atoms with E-state index in [1.807, 2.05) is 43.6 Å². The van der Waals surface area contributed by atoms with Crippen LogP contribution in [0.5, 0.6) is 0 Å². The van der Waals surface area contributed by atoms with Crippen LogP contribution in [0, 0.1) is 12.8 Å². The van der Waals surface area contributed by atoms with Gasteiger partial charge in [0, 0.05) is 33.1 Å². The van der Waals surface area contributed by atoms with E-state index in [9.17, 15) is 0 Å². The molecule has 0 bridgehead atoms. The van der Waals surface area contributed by atoms with Crippen molar-refractivity contribution >= 4 is 0 Å². The van der Waals surface area contributed by atoms with Crippen molar-refractivity contribution < 1.29 is 8.68 Å². The summed E-state index contributed by atoms with van der Waals surface area (Å²) in [6.07, 6.45) is 0.149. The van der Waals surface area contributed by atoms with Gasteiger partial charge >= 0.3 is 0 Å². The van der Waals surface area contributed by atoms with Crippen molar-refractivity contribution in [1.29, 1.82) is 0 Å². The molecule has 2 heteroatoms. The molecule has 0 saturated carbocycles. The lowest BCUT2D eigenvalue weighted by atomic mass is 10.0. The van der Waals surface area contributed by atoms with E-state index in [0.29, 0.717) is 5.69 Å². The molecule has 0 atom stereocenters. The lowest BCUT2D eigenvalue weighted by molar-refractivity contribution is -0.660. The SMILES string of the molecule is [2H]C(C)(C)C([2H])([2H])c1cccc(-c2cc[n+](C)c(-c3ccccc3C)c2)n1. The van der Waals surface area contributed by atoms with Gasteiger partial charge in [0.05, 0.1) is 5.69 Å². The third-order valence-corrected chi connectivity index (χ3v) is 3.99. The van der Waals surface area contributed by atoms with Gasteiger partial charge in [-0.2, -0.15) is 0 Å². The summed E-state index contributed by atoms with van der Waals surface area (Å²) in [7, 11) is 2.01. The lowest BCUT2D eigenvalue weighted by Gasteiger charge is -2.09. The molecule has 3 aromatic rings. The fraction of sp³-hybridized carbons (Fsp3) is 0.273. The molecule has 0 aliphatic heterocycles. The molecule has 0 fully saturated rings. The largest absolute Gasteiger partial charge is 0.253 e. The van der Waals surface area contributed by atoms with E-state index in [1.165, 1.54) is 5.56 Å². The summed E-state index contributed by atoms with van der Waals surface area (Å²) >= 11 is 0. The van der Waals surface area contributed by atoms with E-state index in [-0.39, 0.29) is 5.69 Å². The fourth-order valence-electron chi connectivity index (χ4n) is 2.78. The summed E-state index contributed by atoms with van der Waals surface area (Å²) in [6.45, 7) is 5.23. The molecule has 0 unspecified atom stereocenters. The first-order valence-electron chi connectivity index (χ1n) is 9.65. The first-order chi connectivity index (χ1) is 12.6. The van der Waals surface area contributed by atoms with Gasteiger partial charge < -0.3 is 0 Å². The van der Waals surface area contributed by atoms with Crippen LogP contribution in [0.15, 0.2) is 60.8 Å². The quantitative estimate of drug-likeness (QED) is 0.634. The first-order valence-corrected chi connectivity index (χ1v) is 8.15. The van der Waals surface area contributed by atoms with Crippen LogP contribution in [0.2, 0.25) is 0 Å². The van der Waals surface area contributed by atoms with E-state index in [0.717, 1.165) is 16.8 Å². The van der Waals surface area contributed by atoms with Crippen molar-refractivity contribution in [3.05, 3.63) is 72.1 Å². The molecule has 3 rings (SSSR count). The predicted molar refractivity (Wildman–Crippen MR) is 99.6 cm³/mol. The molecule has 2 aromatic heterocycles. The fourth-order valence-corrected chi connectivity index (χ4v) is 2.78. The summed E-state index contributed by atoms with van der Waals surface area (Å²) in [5.41, 5.74) is 5.33. The Bertz CT molecular complexity index is 975. The van der Waals surface area contributed by atoms with Crippen LogP contribution < -0.4 is 4.57 Å². The highest BCUT2D eigenvalue weighted by Gasteiger charge is 2.14. The Morgan fingerprint density at radius 1 is 1.12 bits per heavy atom. The van der Waals surface area contributed by atoms with Gasteiger partial charge in [-0.25, -0.2) is 4.57 Å². The lowest BCUT2D eigenvalue weighted by Crippen LogP contribution is -2.30. The first kappa shape index (κ1) is 12.9. The molecular formula is C22H25N2+. The van der Waals surface area contributed by atoms with Gasteiger partial charge in [-0.1, -0.05) is 38.1 Å². The van der Waals surface area contributed by atoms with Crippen LogP contribution >= 0.6 is 0 Å². The molecule has 122 valence electrons. The van der Waals surface area contributed by atoms with Crippen LogP contribution in [0.1, 0.15) is 29.2 Å². The predicted octanol–water partition coefficient (Wildman–Crippen LogP) is 4.75. The average molecular weight is 320 g/mol. The number of rotatable bonds is 4. The monoisotopic (exact) mass is 320 g/mol. The van der Waals surface area contributed by atoms with Gasteiger partial charge in [0.15, 0.2) is 6.20 Å². The summed E-state index contributed by atoms with van der Waals surface area (Å²) < 4.78 is 26.9. The maximum atomic E-state index is 8.33. The number of aryl methyl sites for hydroxylation is 2. The number of hydrogen-bond donors (Lipinski definition) is 0. The molecule has 0 saturated heterocycles. The number of aromatic nitrogens is 2. The molecule has 0 spiro atoms. The Morgan fingerprint density at radius 3 is 2.67 bits per heavy atom. The molecule has 0 amide bonds. The maximum Gasteiger partial charge on any atom is 0.213 e. The van der Waals surface area contributed by atoms with Crippen molar-refractivity contribution in [3.8, 4) is 22.5 Å². The molecule has 24 heavy (non-hydrogen) atoms. The summed E-state index contributed by atoms with van der Waals surface area (Å²) in [5, 5.41) is 0. The zero-order valence-electron chi connectivity index (χ0n) is 17.7. The van der Waals surface area contributed by atoms with Crippen molar-refractivity contribution in [2.24, 2.45) is 12.9 Å². The highest BCUT2D eigenvalue weighted by Crippen LogP contribution is 2.25. The normalized spacial score (nSPS) is 13.9. The minimum atomic E-state index is -1.85. The van der Waals surface area contributed by atoms with Gasteiger partial charge in [-0.3, -0.25) is 4.98 Å². The van der Waals surface area contributed by atoms with E-state index < -0.39 is 12.3 Å². The number of benzene rings is 1. The highest BCUT2D eigenvalue weighted by atomic mass is 14.9. The minimum Gasteiger partial charge on any atom is -0.253 e. The Kier molecular flexibility index (Phi) is 3.74. The Labute approximate surface area is 149 Å². The second-order valence-corrected chi connectivity index (χ2v) is 6.26. The molecule has 0 N–H and O–H groups in total. The van der Waals surface area contributed by atoms with Gasteiger partial charge in [0.1, 0.15) is 7.05 Å². The second-order valence-electron chi connectivity index (χ2n) is 6.26. The molecular weight excluding hydrogens is 292 g/mol. The Balaban J connectivity index is 2.10. The molecule has 2 heterocycles. The zero-order valence-corrected chi connectivity index (χ0v) is 14.7. The van der Waals surface area contributed by atoms with E-state index in [2.05, 4.69) is 34.7 Å². The van der Waals surface area contributed by atoms with Crippen LogP contribution in [0.25, 0.3) is 22.5 Å². The third-order valence-electron chi connectivity index (χ3n) is 3.99. The summed E-state index contributed by atoms with van der Waals surface area (Å²) in [6, 6.07) is 17.6. The van der Waals surface area contributed by atoms with E-state index in [4.69, 9.17) is 4.11 Å². The molecule has 1 aromatic carbocycles. The minimum absolute atomic E-state index is 0.283. The van der Waals surface area contributed by atoms with Gasteiger partial charge in [0.2, 0.25) is 5.69 Å². The highest BCUT2D eigenvalue weighted by molar-refractivity contribution is 5.68. The van der Waals surface area contributed by atoms with Crippen LogP contribution in [0.4, 0.5) is 0 Å². The Morgan fingerprint density at radius 2 is 1.92 bits per heavy atom. The molecule has 0 aliphatic carbocycles. The number of pyridine rings is 2. The third kappa shape index (κ3) is 3.53. The molecule has 0 radical (unpaired) electrons. The van der Waals surface area contributed by atoms with Gasteiger partial charge in [-0.05, 0) is 43.0 Å². The summed E-state index contributed by atoms with van der Waals surface area (Å²) in [4.78, 5) is 4.56. The molecule has 2 nitrogen and oxygen atoms in total. The van der Waals surface area contributed by atoms with Crippen molar-refractivity contribution in [2.75, 3.05) is 0 Å². The van der Waals surface area contributed by atoms with Gasteiger partial charge in [0.25, 0.3) is 0 Å². The zero-order chi connectivity index (χ0) is 19.8. The topological polar surface area (TPSA) is 16.8 Å². The van der Waals surface area contributed by atoms with E-state index >= 15 is 0 Å². The average Bonchev–Trinajstić information content (AvgIpc) is 2.62. The van der Waals surface area contributed by atoms with Crippen molar-refractivity contribution in [1.82, 2.24) is 4.98 Å². The van der Waals surface area contributed by atoms with Crippen molar-refractivity contribution in [2.45, 2.75) is 27.1 Å². The standard InChI is InChI=1S/C22H25N2/c1-16(2)14-19-9-7-11-21(23-19)18-12-13-24(4)22(15-18)20-10-6-5-8-17(20)3/h5-13,15-16H,14H2,1-4H3/q+1/i14D2,16D.